The molecule has 2 atom stereocenters. The molecule has 3 heteroatoms. The highest BCUT2D eigenvalue weighted by molar-refractivity contribution is 5.55. The predicted octanol–water partition coefficient (Wildman–Crippen LogP) is 2.72. The molecule has 0 aliphatic carbocycles. The summed E-state index contributed by atoms with van der Waals surface area (Å²) in [6.07, 6.45) is 1.45. The van der Waals surface area contributed by atoms with Gasteiger partial charge in [0.25, 0.3) is 0 Å². The van der Waals surface area contributed by atoms with Crippen molar-refractivity contribution in [3.63, 3.8) is 0 Å². The molecule has 1 N–H and O–H groups in total. The SMILES string of the molecule is CCC1COC(C)CN1c1ccc(CNC)cc1C. The predicted molar refractivity (Wildman–Crippen MR) is 80.8 cm³/mol. The molecule has 2 rings (SSSR count). The first-order valence-electron chi connectivity index (χ1n) is 7.28. The fourth-order valence-corrected chi connectivity index (χ4v) is 2.83. The Morgan fingerprint density at radius 2 is 2.21 bits per heavy atom. The van der Waals surface area contributed by atoms with Gasteiger partial charge < -0.3 is 15.0 Å². The molecule has 1 fully saturated rings. The third-order valence-electron chi connectivity index (χ3n) is 3.89. The van der Waals surface area contributed by atoms with Crippen molar-refractivity contribution in [3.8, 4) is 0 Å². The van der Waals surface area contributed by atoms with Gasteiger partial charge in [-0.1, -0.05) is 19.1 Å². The maximum absolute atomic E-state index is 5.78. The van der Waals surface area contributed by atoms with Gasteiger partial charge in [0.05, 0.1) is 18.8 Å². The lowest BCUT2D eigenvalue weighted by molar-refractivity contribution is 0.0299. The van der Waals surface area contributed by atoms with E-state index >= 15 is 0 Å². The van der Waals surface area contributed by atoms with Crippen molar-refractivity contribution < 1.29 is 4.74 Å². The van der Waals surface area contributed by atoms with E-state index in [1.165, 1.54) is 16.8 Å². The van der Waals surface area contributed by atoms with E-state index in [0.717, 1.165) is 26.1 Å². The minimum Gasteiger partial charge on any atom is -0.375 e. The van der Waals surface area contributed by atoms with Crippen LogP contribution < -0.4 is 10.2 Å². The van der Waals surface area contributed by atoms with Crippen molar-refractivity contribution in [2.24, 2.45) is 0 Å². The Bertz CT molecular complexity index is 419. The zero-order valence-corrected chi connectivity index (χ0v) is 12.6. The standard InChI is InChI=1S/C16H26N2O/c1-5-15-11-19-13(3)10-18(15)16-7-6-14(9-17-4)8-12(16)2/h6-8,13,15,17H,5,9-11H2,1-4H3. The smallest absolute Gasteiger partial charge is 0.0723 e. The third kappa shape index (κ3) is 3.28. The minimum absolute atomic E-state index is 0.319. The van der Waals surface area contributed by atoms with Crippen LogP contribution in [0.4, 0.5) is 5.69 Å². The number of nitrogens with zero attached hydrogens (tertiary/aromatic N) is 1. The lowest BCUT2D eigenvalue weighted by atomic mass is 10.0. The fraction of sp³-hybridized carbons (Fsp3) is 0.625. The number of ether oxygens (including phenoxy) is 1. The summed E-state index contributed by atoms with van der Waals surface area (Å²) in [7, 11) is 1.99. The second-order valence-corrected chi connectivity index (χ2v) is 5.51. The third-order valence-corrected chi connectivity index (χ3v) is 3.89. The number of nitrogens with one attached hydrogen (secondary N) is 1. The summed E-state index contributed by atoms with van der Waals surface area (Å²) in [6, 6.07) is 7.29. The van der Waals surface area contributed by atoms with Gasteiger partial charge in [-0.25, -0.2) is 0 Å². The average Bonchev–Trinajstić information content (AvgIpc) is 2.39. The highest BCUT2D eigenvalue weighted by Crippen LogP contribution is 2.27. The number of rotatable bonds is 4. The number of benzene rings is 1. The molecule has 19 heavy (non-hydrogen) atoms. The first kappa shape index (κ1) is 14.4. The monoisotopic (exact) mass is 262 g/mol. The zero-order valence-electron chi connectivity index (χ0n) is 12.6. The van der Waals surface area contributed by atoms with Gasteiger partial charge in [0, 0.05) is 18.8 Å². The molecule has 1 aromatic carbocycles. The van der Waals surface area contributed by atoms with Crippen LogP contribution in [0, 0.1) is 6.92 Å². The zero-order chi connectivity index (χ0) is 13.8. The number of morpholine rings is 1. The molecule has 1 aromatic rings. The highest BCUT2D eigenvalue weighted by Gasteiger charge is 2.26. The van der Waals surface area contributed by atoms with Crippen molar-refractivity contribution in [1.29, 1.82) is 0 Å². The van der Waals surface area contributed by atoms with Gasteiger partial charge >= 0.3 is 0 Å². The maximum Gasteiger partial charge on any atom is 0.0723 e. The van der Waals surface area contributed by atoms with E-state index in [1.807, 2.05) is 7.05 Å². The number of anilines is 1. The Labute approximate surface area is 116 Å². The quantitative estimate of drug-likeness (QED) is 0.903. The summed E-state index contributed by atoms with van der Waals surface area (Å²) in [5.74, 6) is 0. The van der Waals surface area contributed by atoms with Crippen molar-refractivity contribution in [3.05, 3.63) is 29.3 Å². The molecule has 1 aliphatic heterocycles. The van der Waals surface area contributed by atoms with Crippen molar-refractivity contribution in [1.82, 2.24) is 5.32 Å². The Morgan fingerprint density at radius 3 is 2.84 bits per heavy atom. The van der Waals surface area contributed by atoms with Gasteiger partial charge in [0.1, 0.15) is 0 Å². The molecule has 1 saturated heterocycles. The molecule has 106 valence electrons. The van der Waals surface area contributed by atoms with E-state index in [0.29, 0.717) is 12.1 Å². The normalized spacial score (nSPS) is 23.7. The van der Waals surface area contributed by atoms with E-state index in [-0.39, 0.29) is 0 Å². The first-order valence-corrected chi connectivity index (χ1v) is 7.28. The Hall–Kier alpha value is -1.06. The second kappa shape index (κ2) is 6.40. The molecule has 0 aromatic heterocycles. The average molecular weight is 262 g/mol. The summed E-state index contributed by atoms with van der Waals surface area (Å²) < 4.78 is 5.78. The Kier molecular flexibility index (Phi) is 4.83. The van der Waals surface area contributed by atoms with Crippen LogP contribution in [0.3, 0.4) is 0 Å². The van der Waals surface area contributed by atoms with Crippen LogP contribution in [0.25, 0.3) is 0 Å². The van der Waals surface area contributed by atoms with Gasteiger partial charge in [-0.05, 0) is 44.5 Å². The van der Waals surface area contributed by atoms with Crippen molar-refractivity contribution >= 4 is 5.69 Å². The van der Waals surface area contributed by atoms with Crippen LogP contribution in [0.1, 0.15) is 31.4 Å². The number of hydrogen-bond acceptors (Lipinski definition) is 3. The Balaban J connectivity index is 2.23. The second-order valence-electron chi connectivity index (χ2n) is 5.51. The molecule has 0 bridgehead atoms. The van der Waals surface area contributed by atoms with Gasteiger partial charge in [0.2, 0.25) is 0 Å². The van der Waals surface area contributed by atoms with Gasteiger partial charge in [-0.2, -0.15) is 0 Å². The van der Waals surface area contributed by atoms with Crippen LogP contribution >= 0.6 is 0 Å². The van der Waals surface area contributed by atoms with Crippen LogP contribution in [0.5, 0.6) is 0 Å². The van der Waals surface area contributed by atoms with E-state index < -0.39 is 0 Å². The molecular formula is C16H26N2O. The van der Waals surface area contributed by atoms with Gasteiger partial charge in [0.15, 0.2) is 0 Å². The lowest BCUT2D eigenvalue weighted by Crippen LogP contribution is -2.49. The van der Waals surface area contributed by atoms with Crippen molar-refractivity contribution in [2.75, 3.05) is 25.1 Å². The summed E-state index contributed by atoms with van der Waals surface area (Å²) in [6.45, 7) is 9.37. The molecule has 0 saturated carbocycles. The molecule has 3 nitrogen and oxygen atoms in total. The largest absolute Gasteiger partial charge is 0.375 e. The minimum atomic E-state index is 0.319. The molecule has 0 spiro atoms. The van der Waals surface area contributed by atoms with Crippen molar-refractivity contribution in [2.45, 2.75) is 45.9 Å². The summed E-state index contributed by atoms with van der Waals surface area (Å²) >= 11 is 0. The summed E-state index contributed by atoms with van der Waals surface area (Å²) in [5, 5.41) is 3.20. The molecular weight excluding hydrogens is 236 g/mol. The molecule has 2 unspecified atom stereocenters. The van der Waals surface area contributed by atoms with Gasteiger partial charge in [-0.3, -0.25) is 0 Å². The van der Waals surface area contributed by atoms with Gasteiger partial charge in [-0.15, -0.1) is 0 Å². The number of hydrogen-bond donors (Lipinski definition) is 1. The van der Waals surface area contributed by atoms with Crippen LogP contribution in [0.15, 0.2) is 18.2 Å². The topological polar surface area (TPSA) is 24.5 Å². The van der Waals surface area contributed by atoms with Crippen LogP contribution in [-0.4, -0.2) is 32.3 Å². The fourth-order valence-electron chi connectivity index (χ4n) is 2.83. The van der Waals surface area contributed by atoms with E-state index in [1.54, 1.807) is 0 Å². The Morgan fingerprint density at radius 1 is 1.42 bits per heavy atom. The van der Waals surface area contributed by atoms with E-state index in [2.05, 4.69) is 49.2 Å². The van der Waals surface area contributed by atoms with E-state index in [9.17, 15) is 0 Å². The van der Waals surface area contributed by atoms with E-state index in [4.69, 9.17) is 4.74 Å². The van der Waals surface area contributed by atoms with Crippen LogP contribution in [0.2, 0.25) is 0 Å². The first-order chi connectivity index (χ1) is 9.15. The number of aryl methyl sites for hydroxylation is 1. The molecule has 1 aliphatic rings. The maximum atomic E-state index is 5.78. The van der Waals surface area contributed by atoms with Crippen LogP contribution in [-0.2, 0) is 11.3 Å². The molecule has 1 heterocycles. The molecule has 0 amide bonds. The summed E-state index contributed by atoms with van der Waals surface area (Å²) in [4.78, 5) is 2.52. The molecule has 0 radical (unpaired) electrons. The highest BCUT2D eigenvalue weighted by atomic mass is 16.5. The lowest BCUT2D eigenvalue weighted by Gasteiger charge is -2.40. The summed E-state index contributed by atoms with van der Waals surface area (Å²) in [5.41, 5.74) is 4.07.